The van der Waals surface area contributed by atoms with Crippen molar-refractivity contribution < 1.29 is 0 Å². The number of halogens is 1. The molecule has 1 aromatic carbocycles. The zero-order chi connectivity index (χ0) is 15.8. The molecule has 0 bridgehead atoms. The van der Waals surface area contributed by atoms with E-state index in [0.29, 0.717) is 17.2 Å². The molecule has 7 heteroatoms. The Balaban J connectivity index is 0.00000106. The van der Waals surface area contributed by atoms with E-state index in [4.69, 9.17) is 22.6 Å². The standard InChI is InChI=1S/C12H8ClN5O.C2H6/c13-12-9(6-14)10(15)5-11(17-12)16-7-1-3-8(18-19)4-2-7;1-2/h1-5H,(H3,15,16,17);1-2H3. The van der Waals surface area contributed by atoms with Gasteiger partial charge in [-0.15, -0.1) is 4.91 Å². The predicted molar refractivity (Wildman–Crippen MR) is 84.9 cm³/mol. The fourth-order valence-electron chi connectivity index (χ4n) is 1.46. The highest BCUT2D eigenvalue weighted by molar-refractivity contribution is 6.31. The van der Waals surface area contributed by atoms with Crippen LogP contribution in [0.15, 0.2) is 35.5 Å². The number of hydrogen-bond donors (Lipinski definition) is 2. The summed E-state index contributed by atoms with van der Waals surface area (Å²) < 4.78 is 0. The lowest BCUT2D eigenvalue weighted by atomic mass is 10.2. The van der Waals surface area contributed by atoms with E-state index in [1.54, 1.807) is 24.3 Å². The summed E-state index contributed by atoms with van der Waals surface area (Å²) in [5, 5.41) is 14.6. The molecule has 0 radical (unpaired) electrons. The molecule has 2 aromatic rings. The molecule has 0 aliphatic rings. The summed E-state index contributed by atoms with van der Waals surface area (Å²) in [4.78, 5) is 14.3. The van der Waals surface area contributed by atoms with Crippen molar-refractivity contribution in [1.29, 1.82) is 5.26 Å². The first kappa shape index (κ1) is 16.4. The molecule has 0 spiro atoms. The lowest BCUT2D eigenvalue weighted by Gasteiger charge is -2.08. The molecule has 6 nitrogen and oxygen atoms in total. The fourth-order valence-corrected chi connectivity index (χ4v) is 1.70. The van der Waals surface area contributed by atoms with Crippen LogP contribution in [0.5, 0.6) is 0 Å². The Morgan fingerprint density at radius 3 is 2.43 bits per heavy atom. The minimum Gasteiger partial charge on any atom is -0.397 e. The first-order chi connectivity index (χ1) is 10.1. The van der Waals surface area contributed by atoms with Crippen LogP contribution in [0.3, 0.4) is 0 Å². The number of nitrogens with zero attached hydrogens (tertiary/aromatic N) is 3. The first-order valence-corrected chi connectivity index (χ1v) is 6.58. The van der Waals surface area contributed by atoms with Crippen LogP contribution in [-0.4, -0.2) is 4.98 Å². The van der Waals surface area contributed by atoms with Gasteiger partial charge in [0.2, 0.25) is 0 Å². The highest BCUT2D eigenvalue weighted by Crippen LogP contribution is 2.25. The van der Waals surface area contributed by atoms with Crippen LogP contribution >= 0.6 is 11.6 Å². The molecule has 0 saturated heterocycles. The molecule has 0 amide bonds. The van der Waals surface area contributed by atoms with Gasteiger partial charge < -0.3 is 11.1 Å². The largest absolute Gasteiger partial charge is 0.397 e. The second-order valence-corrected chi connectivity index (χ2v) is 4.00. The van der Waals surface area contributed by atoms with Crippen molar-refractivity contribution in [3.8, 4) is 6.07 Å². The third-order valence-electron chi connectivity index (χ3n) is 2.36. The van der Waals surface area contributed by atoms with E-state index in [0.717, 1.165) is 0 Å². The molecular formula is C14H14ClN5O. The summed E-state index contributed by atoms with van der Waals surface area (Å²) in [7, 11) is 0. The van der Waals surface area contributed by atoms with Crippen LogP contribution in [0, 0.1) is 16.2 Å². The zero-order valence-corrected chi connectivity index (χ0v) is 12.3. The Hall–Kier alpha value is -2.65. The summed E-state index contributed by atoms with van der Waals surface area (Å²) >= 11 is 5.84. The van der Waals surface area contributed by atoms with Crippen molar-refractivity contribution in [2.45, 2.75) is 13.8 Å². The second kappa shape index (κ2) is 7.82. The minimum atomic E-state index is 0.0381. The topological polar surface area (TPSA) is 104 Å². The molecule has 108 valence electrons. The maximum atomic E-state index is 10.3. The summed E-state index contributed by atoms with van der Waals surface area (Å²) in [6.45, 7) is 4.00. The molecule has 21 heavy (non-hydrogen) atoms. The molecule has 3 N–H and O–H groups in total. The van der Waals surface area contributed by atoms with Gasteiger partial charge in [-0.05, 0) is 29.4 Å². The second-order valence-electron chi connectivity index (χ2n) is 3.64. The average molecular weight is 304 g/mol. The third kappa shape index (κ3) is 4.16. The third-order valence-corrected chi connectivity index (χ3v) is 2.64. The van der Waals surface area contributed by atoms with Gasteiger partial charge in [0.15, 0.2) is 5.15 Å². The maximum Gasteiger partial charge on any atom is 0.151 e. The van der Waals surface area contributed by atoms with E-state index < -0.39 is 0 Å². The van der Waals surface area contributed by atoms with Crippen LogP contribution in [0.2, 0.25) is 5.15 Å². The van der Waals surface area contributed by atoms with Gasteiger partial charge in [0.25, 0.3) is 0 Å². The highest BCUT2D eigenvalue weighted by atomic mass is 35.5. The number of anilines is 3. The predicted octanol–water partition coefficient (Wildman–Crippen LogP) is 4.36. The van der Waals surface area contributed by atoms with Crippen LogP contribution < -0.4 is 11.1 Å². The Morgan fingerprint density at radius 1 is 1.33 bits per heavy atom. The number of nitroso groups, excluding NO2 is 1. The van der Waals surface area contributed by atoms with Crippen LogP contribution in [0.25, 0.3) is 0 Å². The monoisotopic (exact) mass is 303 g/mol. The molecule has 2 rings (SSSR count). The highest BCUT2D eigenvalue weighted by Gasteiger charge is 2.08. The van der Waals surface area contributed by atoms with Crippen LogP contribution in [0.1, 0.15) is 19.4 Å². The van der Waals surface area contributed by atoms with E-state index in [2.05, 4.69) is 15.5 Å². The number of nitrogens with two attached hydrogens (primary N) is 1. The number of pyridine rings is 1. The van der Waals surface area contributed by atoms with Crippen molar-refractivity contribution in [3.63, 3.8) is 0 Å². The lowest BCUT2D eigenvalue weighted by Crippen LogP contribution is -1.99. The Kier molecular flexibility index (Phi) is 6.11. The summed E-state index contributed by atoms with van der Waals surface area (Å²) in [6, 6.07) is 9.84. The molecule has 1 aromatic heterocycles. The quantitative estimate of drug-likeness (QED) is 0.647. The molecular weight excluding hydrogens is 290 g/mol. The SMILES string of the molecule is CC.N#Cc1c(N)cc(Nc2ccc(N=O)cc2)nc1Cl. The van der Waals surface area contributed by atoms with Gasteiger partial charge in [-0.1, -0.05) is 25.4 Å². The molecule has 0 aliphatic carbocycles. The maximum absolute atomic E-state index is 10.3. The Morgan fingerprint density at radius 2 is 1.95 bits per heavy atom. The van der Waals surface area contributed by atoms with Crippen LogP contribution in [0.4, 0.5) is 22.9 Å². The number of hydrogen-bond acceptors (Lipinski definition) is 6. The average Bonchev–Trinajstić information content (AvgIpc) is 2.50. The number of nitrogen functional groups attached to an aromatic ring is 1. The van der Waals surface area contributed by atoms with E-state index in [-0.39, 0.29) is 16.4 Å². The molecule has 0 unspecified atom stereocenters. The minimum absolute atomic E-state index is 0.0381. The van der Waals surface area contributed by atoms with Gasteiger partial charge in [-0.2, -0.15) is 5.26 Å². The first-order valence-electron chi connectivity index (χ1n) is 6.20. The Labute approximate surface area is 127 Å². The molecule has 0 aliphatic heterocycles. The van der Waals surface area contributed by atoms with Crippen molar-refractivity contribution in [3.05, 3.63) is 46.0 Å². The molecule has 0 saturated carbocycles. The van der Waals surface area contributed by atoms with Crippen molar-refractivity contribution >= 4 is 34.5 Å². The van der Waals surface area contributed by atoms with Gasteiger partial charge in [0, 0.05) is 11.8 Å². The van der Waals surface area contributed by atoms with E-state index in [9.17, 15) is 4.91 Å². The fraction of sp³-hybridized carbons (Fsp3) is 0.143. The van der Waals surface area contributed by atoms with E-state index in [1.807, 2.05) is 19.9 Å². The van der Waals surface area contributed by atoms with E-state index in [1.165, 1.54) is 6.07 Å². The number of nitrogens with one attached hydrogen (secondary N) is 1. The van der Waals surface area contributed by atoms with Gasteiger partial charge in [-0.3, -0.25) is 0 Å². The van der Waals surface area contributed by atoms with Crippen molar-refractivity contribution in [2.24, 2.45) is 5.18 Å². The Bertz CT molecular complexity index is 641. The van der Waals surface area contributed by atoms with Crippen molar-refractivity contribution in [2.75, 3.05) is 11.1 Å². The summed E-state index contributed by atoms with van der Waals surface area (Å²) in [5.41, 5.74) is 7.11. The summed E-state index contributed by atoms with van der Waals surface area (Å²) in [6.07, 6.45) is 0. The number of benzene rings is 1. The van der Waals surface area contributed by atoms with Gasteiger partial charge in [0.1, 0.15) is 23.1 Å². The smallest absolute Gasteiger partial charge is 0.151 e. The van der Waals surface area contributed by atoms with Gasteiger partial charge in [-0.25, -0.2) is 4.98 Å². The van der Waals surface area contributed by atoms with Crippen molar-refractivity contribution in [1.82, 2.24) is 4.98 Å². The van der Waals surface area contributed by atoms with Gasteiger partial charge >= 0.3 is 0 Å². The van der Waals surface area contributed by atoms with E-state index >= 15 is 0 Å². The van der Waals surface area contributed by atoms with Crippen LogP contribution in [-0.2, 0) is 0 Å². The zero-order valence-electron chi connectivity index (χ0n) is 11.6. The number of aromatic nitrogens is 1. The summed E-state index contributed by atoms with van der Waals surface area (Å²) in [5.74, 6) is 0.410. The number of nitriles is 1. The lowest BCUT2D eigenvalue weighted by molar-refractivity contribution is 1.29. The number of rotatable bonds is 3. The molecule has 0 atom stereocenters. The normalized spacial score (nSPS) is 9.05. The molecule has 1 heterocycles. The molecule has 0 fully saturated rings. The van der Waals surface area contributed by atoms with Gasteiger partial charge in [0.05, 0.1) is 5.69 Å².